The number of halogens is 3. The molecule has 0 fully saturated rings. The van der Waals surface area contributed by atoms with Crippen LogP contribution >= 0.6 is 0 Å². The number of hydrogen-bond acceptors (Lipinski definition) is 5. The summed E-state index contributed by atoms with van der Waals surface area (Å²) in [6.45, 7) is -0.790. The standard InChI is InChI=1S/C11H11F3O5/c12-11(13,14)19-8-2-6(4-15)1-7(3-8)10(18)9(17)5-16/h1-4,9-10,16-18H,5H2. The van der Waals surface area contributed by atoms with Gasteiger partial charge in [-0.3, -0.25) is 4.79 Å². The molecule has 1 rings (SSSR count). The molecule has 0 heterocycles. The Kier molecular flexibility index (Phi) is 4.87. The van der Waals surface area contributed by atoms with Gasteiger partial charge in [-0.25, -0.2) is 0 Å². The van der Waals surface area contributed by atoms with Crippen LogP contribution in [0.3, 0.4) is 0 Å². The maximum atomic E-state index is 12.1. The fourth-order valence-electron chi connectivity index (χ4n) is 1.40. The number of ether oxygens (including phenoxy) is 1. The van der Waals surface area contributed by atoms with Crippen LogP contribution in [-0.2, 0) is 0 Å². The van der Waals surface area contributed by atoms with Gasteiger partial charge in [0.25, 0.3) is 0 Å². The highest BCUT2D eigenvalue weighted by Gasteiger charge is 2.31. The number of carbonyl (C=O) groups excluding carboxylic acids is 1. The lowest BCUT2D eigenvalue weighted by Gasteiger charge is -2.18. The van der Waals surface area contributed by atoms with E-state index in [1.54, 1.807) is 0 Å². The van der Waals surface area contributed by atoms with Crippen molar-refractivity contribution in [2.75, 3.05) is 6.61 Å². The molecule has 2 unspecified atom stereocenters. The molecule has 0 aliphatic rings. The van der Waals surface area contributed by atoms with Gasteiger partial charge in [0, 0.05) is 5.56 Å². The predicted molar refractivity (Wildman–Crippen MR) is 56.6 cm³/mol. The second-order valence-electron chi connectivity index (χ2n) is 3.70. The van der Waals surface area contributed by atoms with Crippen molar-refractivity contribution in [3.8, 4) is 5.75 Å². The summed E-state index contributed by atoms with van der Waals surface area (Å²) < 4.78 is 39.9. The molecule has 0 spiro atoms. The number of alkyl halides is 3. The lowest BCUT2D eigenvalue weighted by Crippen LogP contribution is -2.22. The van der Waals surface area contributed by atoms with Crippen LogP contribution in [0.5, 0.6) is 5.75 Å². The molecule has 5 nitrogen and oxygen atoms in total. The van der Waals surface area contributed by atoms with Gasteiger partial charge >= 0.3 is 6.36 Å². The number of carbonyl (C=O) groups is 1. The van der Waals surface area contributed by atoms with Crippen LogP contribution in [0.2, 0.25) is 0 Å². The zero-order valence-corrected chi connectivity index (χ0v) is 9.46. The van der Waals surface area contributed by atoms with E-state index in [9.17, 15) is 28.2 Å². The first-order valence-corrected chi connectivity index (χ1v) is 5.09. The topological polar surface area (TPSA) is 87.0 Å². The van der Waals surface area contributed by atoms with E-state index in [-0.39, 0.29) is 17.4 Å². The largest absolute Gasteiger partial charge is 0.573 e. The summed E-state index contributed by atoms with van der Waals surface area (Å²) in [6, 6.07) is 2.74. The van der Waals surface area contributed by atoms with Gasteiger partial charge in [0.05, 0.1) is 6.61 Å². The van der Waals surface area contributed by atoms with Crippen molar-refractivity contribution in [1.29, 1.82) is 0 Å². The molecule has 0 saturated carbocycles. The second-order valence-corrected chi connectivity index (χ2v) is 3.70. The SMILES string of the molecule is O=Cc1cc(OC(F)(F)F)cc(C(O)C(O)CO)c1. The van der Waals surface area contributed by atoms with Gasteiger partial charge in [0.15, 0.2) is 0 Å². The molecule has 3 N–H and O–H groups in total. The zero-order chi connectivity index (χ0) is 14.6. The van der Waals surface area contributed by atoms with Crippen molar-refractivity contribution in [2.24, 2.45) is 0 Å². The van der Waals surface area contributed by atoms with Crippen LogP contribution in [0.1, 0.15) is 22.0 Å². The minimum absolute atomic E-state index is 0.166. The Balaban J connectivity index is 3.11. The molecule has 8 heteroatoms. The number of aliphatic hydroxyl groups excluding tert-OH is 3. The third-order valence-corrected chi connectivity index (χ3v) is 2.21. The molecule has 0 aliphatic heterocycles. The van der Waals surface area contributed by atoms with Crippen LogP contribution < -0.4 is 4.74 Å². The van der Waals surface area contributed by atoms with E-state index >= 15 is 0 Å². The van der Waals surface area contributed by atoms with E-state index < -0.39 is 30.9 Å². The maximum Gasteiger partial charge on any atom is 0.573 e. The second kappa shape index (κ2) is 6.00. The molecular weight excluding hydrogens is 269 g/mol. The Labute approximate surface area is 105 Å². The van der Waals surface area contributed by atoms with Crippen molar-refractivity contribution in [3.05, 3.63) is 29.3 Å². The van der Waals surface area contributed by atoms with E-state index in [2.05, 4.69) is 4.74 Å². The van der Waals surface area contributed by atoms with Gasteiger partial charge in [-0.2, -0.15) is 0 Å². The molecule has 0 aromatic heterocycles. The number of rotatable bonds is 5. The Morgan fingerprint density at radius 1 is 1.26 bits per heavy atom. The first-order chi connectivity index (χ1) is 8.76. The van der Waals surface area contributed by atoms with E-state index in [0.29, 0.717) is 0 Å². The number of aldehydes is 1. The summed E-state index contributed by atoms with van der Waals surface area (Å²) in [4.78, 5) is 10.6. The molecule has 1 aromatic carbocycles. The summed E-state index contributed by atoms with van der Waals surface area (Å²) >= 11 is 0. The van der Waals surface area contributed by atoms with E-state index in [4.69, 9.17) is 5.11 Å². The average molecular weight is 280 g/mol. The molecule has 1 aromatic rings. The molecule has 0 saturated heterocycles. The fraction of sp³-hybridized carbons (Fsp3) is 0.364. The highest BCUT2D eigenvalue weighted by atomic mass is 19.4. The Bertz CT molecular complexity index is 446. The Morgan fingerprint density at radius 2 is 1.89 bits per heavy atom. The van der Waals surface area contributed by atoms with Crippen molar-refractivity contribution < 1.29 is 38.0 Å². The molecule has 0 bridgehead atoms. The first-order valence-electron chi connectivity index (χ1n) is 5.09. The van der Waals surface area contributed by atoms with Crippen LogP contribution in [0.15, 0.2) is 18.2 Å². The molecular formula is C11H11F3O5. The van der Waals surface area contributed by atoms with Crippen LogP contribution in [0.4, 0.5) is 13.2 Å². The van der Waals surface area contributed by atoms with E-state index in [1.807, 2.05) is 0 Å². The predicted octanol–water partition coefficient (Wildman–Crippen LogP) is 0.784. The zero-order valence-electron chi connectivity index (χ0n) is 9.46. The fourth-order valence-corrected chi connectivity index (χ4v) is 1.40. The quantitative estimate of drug-likeness (QED) is 0.694. The minimum Gasteiger partial charge on any atom is -0.406 e. The van der Waals surface area contributed by atoms with Gasteiger partial charge in [0.1, 0.15) is 24.2 Å². The third kappa shape index (κ3) is 4.51. The van der Waals surface area contributed by atoms with Gasteiger partial charge in [-0.15, -0.1) is 13.2 Å². The van der Waals surface area contributed by atoms with Gasteiger partial charge < -0.3 is 20.1 Å². The van der Waals surface area contributed by atoms with Crippen LogP contribution in [-0.4, -0.2) is 40.7 Å². The van der Waals surface area contributed by atoms with Gasteiger partial charge in [-0.1, -0.05) is 0 Å². The molecule has 0 aliphatic carbocycles. The summed E-state index contributed by atoms with van der Waals surface area (Å²) in [5.74, 6) is -0.698. The summed E-state index contributed by atoms with van der Waals surface area (Å²) in [6.07, 6.45) is -7.90. The smallest absolute Gasteiger partial charge is 0.406 e. The number of hydrogen-bond donors (Lipinski definition) is 3. The Hall–Kier alpha value is -1.64. The van der Waals surface area contributed by atoms with Gasteiger partial charge in [-0.05, 0) is 23.8 Å². The lowest BCUT2D eigenvalue weighted by atomic mass is 10.0. The lowest BCUT2D eigenvalue weighted by molar-refractivity contribution is -0.274. The van der Waals surface area contributed by atoms with Crippen molar-refractivity contribution in [1.82, 2.24) is 0 Å². The maximum absolute atomic E-state index is 12.1. The van der Waals surface area contributed by atoms with Crippen LogP contribution in [0, 0.1) is 0 Å². The minimum atomic E-state index is -4.95. The average Bonchev–Trinajstić information content (AvgIpc) is 2.34. The summed E-state index contributed by atoms with van der Waals surface area (Å²) in [7, 11) is 0. The van der Waals surface area contributed by atoms with Crippen molar-refractivity contribution in [2.45, 2.75) is 18.6 Å². The van der Waals surface area contributed by atoms with Crippen molar-refractivity contribution in [3.63, 3.8) is 0 Å². The molecule has 0 radical (unpaired) electrons. The van der Waals surface area contributed by atoms with E-state index in [0.717, 1.165) is 18.2 Å². The number of benzene rings is 1. The van der Waals surface area contributed by atoms with Crippen molar-refractivity contribution >= 4 is 6.29 Å². The molecule has 19 heavy (non-hydrogen) atoms. The first kappa shape index (κ1) is 15.4. The Morgan fingerprint density at radius 3 is 2.37 bits per heavy atom. The summed E-state index contributed by atoms with van der Waals surface area (Å²) in [5.41, 5.74) is -0.341. The summed E-state index contributed by atoms with van der Waals surface area (Å²) in [5, 5.41) is 27.4. The highest BCUT2D eigenvalue weighted by Crippen LogP contribution is 2.28. The van der Waals surface area contributed by atoms with E-state index in [1.165, 1.54) is 0 Å². The molecule has 2 atom stereocenters. The monoisotopic (exact) mass is 280 g/mol. The third-order valence-electron chi connectivity index (χ3n) is 2.21. The van der Waals surface area contributed by atoms with Crippen LogP contribution in [0.25, 0.3) is 0 Å². The van der Waals surface area contributed by atoms with Gasteiger partial charge in [0.2, 0.25) is 0 Å². The molecule has 0 amide bonds. The highest BCUT2D eigenvalue weighted by molar-refractivity contribution is 5.76. The normalized spacial score (nSPS) is 14.8. The molecule has 106 valence electrons. The number of aliphatic hydroxyl groups is 3.